The van der Waals surface area contributed by atoms with Crippen molar-refractivity contribution in [2.24, 2.45) is 17.8 Å². The first-order valence-electron chi connectivity index (χ1n) is 11.0. The fourth-order valence-electron chi connectivity index (χ4n) is 4.74. The first-order valence-corrected chi connectivity index (χ1v) is 11.0. The normalized spacial score (nSPS) is 29.3. The summed E-state index contributed by atoms with van der Waals surface area (Å²) in [4.78, 5) is 0. The summed E-state index contributed by atoms with van der Waals surface area (Å²) in [6.07, 6.45) is 17.8. The van der Waals surface area contributed by atoms with Crippen molar-refractivity contribution in [3.8, 4) is 11.8 Å². The van der Waals surface area contributed by atoms with Gasteiger partial charge in [0.1, 0.15) is 0 Å². The summed E-state index contributed by atoms with van der Waals surface area (Å²) in [5, 5.41) is 0. The second-order valence-electron chi connectivity index (χ2n) is 8.48. The molecule has 0 heteroatoms. The lowest BCUT2D eigenvalue weighted by molar-refractivity contribution is 0.304. The molecule has 2 fully saturated rings. The van der Waals surface area contributed by atoms with Crippen LogP contribution in [0.3, 0.4) is 0 Å². The lowest BCUT2D eigenvalue weighted by Crippen LogP contribution is -2.12. The van der Waals surface area contributed by atoms with E-state index in [0.717, 1.165) is 24.2 Å². The van der Waals surface area contributed by atoms with E-state index in [2.05, 4.69) is 62.1 Å². The van der Waals surface area contributed by atoms with Crippen molar-refractivity contribution in [3.63, 3.8) is 0 Å². The molecule has 0 aliphatic heterocycles. The molecule has 0 unspecified atom stereocenters. The highest BCUT2D eigenvalue weighted by atomic mass is 14.3. The Morgan fingerprint density at radius 2 is 1.58 bits per heavy atom. The first-order chi connectivity index (χ1) is 12.8. The number of rotatable bonds is 4. The predicted octanol–water partition coefficient (Wildman–Crippen LogP) is 7.30. The highest BCUT2D eigenvalue weighted by molar-refractivity contribution is 5.26. The van der Waals surface area contributed by atoms with Gasteiger partial charge in [-0.15, -0.1) is 0 Å². The molecule has 0 heterocycles. The van der Waals surface area contributed by atoms with Crippen molar-refractivity contribution in [2.45, 2.75) is 84.0 Å². The molecular formula is C26H36. The number of hydrogen-bond acceptors (Lipinski definition) is 0. The zero-order chi connectivity index (χ0) is 18.2. The minimum absolute atomic E-state index is 0.613. The molecule has 0 N–H and O–H groups in total. The van der Waals surface area contributed by atoms with Crippen molar-refractivity contribution < 1.29 is 0 Å². The second kappa shape index (κ2) is 10.0. The minimum atomic E-state index is 0.613. The number of aryl methyl sites for hydroxylation is 1. The van der Waals surface area contributed by atoms with Crippen LogP contribution in [0, 0.1) is 29.6 Å². The topological polar surface area (TPSA) is 0 Å². The monoisotopic (exact) mass is 348 g/mol. The molecule has 1 aromatic carbocycles. The molecule has 140 valence electrons. The van der Waals surface area contributed by atoms with Crippen LogP contribution in [0.15, 0.2) is 36.4 Å². The van der Waals surface area contributed by atoms with E-state index >= 15 is 0 Å². The minimum Gasteiger partial charge on any atom is -0.0951 e. The van der Waals surface area contributed by atoms with Gasteiger partial charge in [-0.3, -0.25) is 0 Å². The lowest BCUT2D eigenvalue weighted by Gasteiger charge is -2.26. The highest BCUT2D eigenvalue weighted by Crippen LogP contribution is 2.35. The van der Waals surface area contributed by atoms with Crippen molar-refractivity contribution in [3.05, 3.63) is 47.5 Å². The Balaban J connectivity index is 1.41. The molecule has 2 aliphatic carbocycles. The molecule has 0 amide bonds. The van der Waals surface area contributed by atoms with Gasteiger partial charge in [0.05, 0.1) is 0 Å². The fraction of sp³-hybridized carbons (Fsp3) is 0.615. The summed E-state index contributed by atoms with van der Waals surface area (Å²) in [5.41, 5.74) is 2.99. The van der Waals surface area contributed by atoms with Crippen LogP contribution in [-0.4, -0.2) is 0 Å². The quantitative estimate of drug-likeness (QED) is 0.501. The lowest BCUT2D eigenvalue weighted by atomic mass is 9.79. The Bertz CT molecular complexity index is 608. The largest absolute Gasteiger partial charge is 0.0951 e. The zero-order valence-electron chi connectivity index (χ0n) is 16.8. The van der Waals surface area contributed by atoms with E-state index in [-0.39, 0.29) is 0 Å². The molecule has 2 saturated carbocycles. The smallest absolute Gasteiger partial charge is 0.0206 e. The summed E-state index contributed by atoms with van der Waals surface area (Å²) >= 11 is 0. The van der Waals surface area contributed by atoms with Crippen LogP contribution in [-0.2, 0) is 6.42 Å². The molecule has 0 aromatic heterocycles. The Hall–Kier alpha value is -1.48. The van der Waals surface area contributed by atoms with Gasteiger partial charge in [-0.25, -0.2) is 0 Å². The summed E-state index contributed by atoms with van der Waals surface area (Å²) in [7, 11) is 0. The van der Waals surface area contributed by atoms with Crippen LogP contribution in [0.2, 0.25) is 0 Å². The number of allylic oxidation sites excluding steroid dienone is 2. The van der Waals surface area contributed by atoms with E-state index in [1.807, 2.05) is 0 Å². The molecule has 2 aliphatic rings. The van der Waals surface area contributed by atoms with E-state index in [4.69, 9.17) is 0 Å². The predicted molar refractivity (Wildman–Crippen MR) is 113 cm³/mol. The van der Waals surface area contributed by atoms with E-state index in [1.54, 1.807) is 0 Å². The molecule has 0 nitrogen and oxygen atoms in total. The van der Waals surface area contributed by atoms with Gasteiger partial charge in [-0.05, 0) is 92.7 Å². The summed E-state index contributed by atoms with van der Waals surface area (Å²) in [6, 6.07) is 9.32. The summed E-state index contributed by atoms with van der Waals surface area (Å²) in [6.45, 7) is 4.56. The Morgan fingerprint density at radius 1 is 0.885 bits per heavy atom. The third-order valence-corrected chi connectivity index (χ3v) is 6.79. The van der Waals surface area contributed by atoms with Crippen LogP contribution in [0.5, 0.6) is 0 Å². The van der Waals surface area contributed by atoms with Gasteiger partial charge in [-0.2, -0.15) is 0 Å². The van der Waals surface area contributed by atoms with Gasteiger partial charge in [0, 0.05) is 5.92 Å². The van der Waals surface area contributed by atoms with Gasteiger partial charge in [0.2, 0.25) is 0 Å². The van der Waals surface area contributed by atoms with Gasteiger partial charge >= 0.3 is 0 Å². The van der Waals surface area contributed by atoms with E-state index in [1.165, 1.54) is 68.9 Å². The third-order valence-electron chi connectivity index (χ3n) is 6.79. The molecule has 0 radical (unpaired) electrons. The molecule has 26 heavy (non-hydrogen) atoms. The number of hydrogen-bond donors (Lipinski definition) is 0. The molecule has 0 saturated heterocycles. The fourth-order valence-corrected chi connectivity index (χ4v) is 4.74. The Morgan fingerprint density at radius 3 is 2.19 bits per heavy atom. The van der Waals surface area contributed by atoms with Crippen LogP contribution in [0.1, 0.15) is 88.7 Å². The molecule has 0 bridgehead atoms. The molecule has 1 aromatic rings. The van der Waals surface area contributed by atoms with Crippen molar-refractivity contribution in [1.29, 1.82) is 0 Å². The van der Waals surface area contributed by atoms with Crippen molar-refractivity contribution >= 4 is 0 Å². The van der Waals surface area contributed by atoms with Crippen LogP contribution in [0.25, 0.3) is 0 Å². The standard InChI is InChI=1S/C26H36/c1-3-21-9-11-23(12-10-21)7-5-6-8-24-15-19-26(20-16-24)25-17-13-22(4-2)14-18-25/h5,7,13-14,17-18,21,23-24,26H,3-4,9-12,15-16,19-20H2,1-2H3/t21-,23-,24-,26-. The number of benzene rings is 1. The molecular weight excluding hydrogens is 312 g/mol. The first kappa shape index (κ1) is 19.3. The van der Waals surface area contributed by atoms with E-state index in [9.17, 15) is 0 Å². The van der Waals surface area contributed by atoms with Gasteiger partial charge in [0.25, 0.3) is 0 Å². The van der Waals surface area contributed by atoms with Gasteiger partial charge < -0.3 is 0 Å². The highest BCUT2D eigenvalue weighted by Gasteiger charge is 2.21. The van der Waals surface area contributed by atoms with Crippen molar-refractivity contribution in [2.75, 3.05) is 0 Å². The molecule has 0 atom stereocenters. The Labute approximate surface area is 161 Å². The van der Waals surface area contributed by atoms with E-state index in [0.29, 0.717) is 5.92 Å². The van der Waals surface area contributed by atoms with Crippen LogP contribution < -0.4 is 0 Å². The maximum atomic E-state index is 3.53. The van der Waals surface area contributed by atoms with Gasteiger partial charge in [-0.1, -0.05) is 62.5 Å². The van der Waals surface area contributed by atoms with E-state index < -0.39 is 0 Å². The molecule has 0 spiro atoms. The summed E-state index contributed by atoms with van der Waals surface area (Å²) < 4.78 is 0. The summed E-state index contributed by atoms with van der Waals surface area (Å²) in [5.74, 6) is 10.0. The van der Waals surface area contributed by atoms with Gasteiger partial charge in [0.15, 0.2) is 0 Å². The maximum Gasteiger partial charge on any atom is 0.0206 e. The van der Waals surface area contributed by atoms with Crippen LogP contribution >= 0.6 is 0 Å². The second-order valence-corrected chi connectivity index (χ2v) is 8.48. The third kappa shape index (κ3) is 5.51. The van der Waals surface area contributed by atoms with Crippen molar-refractivity contribution in [1.82, 2.24) is 0 Å². The Kier molecular flexibility index (Phi) is 7.43. The SMILES string of the molecule is CCc1ccc([C@H]2CC[C@H](C#CC=C[C@H]3CC[C@H](CC)CC3)CC2)cc1. The average molecular weight is 349 g/mol. The maximum absolute atomic E-state index is 3.53. The average Bonchev–Trinajstić information content (AvgIpc) is 2.72. The van der Waals surface area contributed by atoms with Crippen LogP contribution in [0.4, 0.5) is 0 Å². The zero-order valence-corrected chi connectivity index (χ0v) is 16.8. The molecule has 3 rings (SSSR count).